The second-order valence-electron chi connectivity index (χ2n) is 4.71. The highest BCUT2D eigenvalue weighted by atomic mass is 16.6. The summed E-state index contributed by atoms with van der Waals surface area (Å²) < 4.78 is 5.07. The highest BCUT2D eigenvalue weighted by Crippen LogP contribution is 2.21. The Morgan fingerprint density at radius 1 is 1.38 bits per heavy atom. The first-order valence-corrected chi connectivity index (χ1v) is 5.07. The summed E-state index contributed by atoms with van der Waals surface area (Å²) in [6.07, 6.45) is -0.502. The van der Waals surface area contributed by atoms with E-state index in [4.69, 9.17) is 4.74 Å². The summed E-state index contributed by atoms with van der Waals surface area (Å²) in [4.78, 5) is 11.4. The second-order valence-corrected chi connectivity index (χ2v) is 4.71. The first-order valence-electron chi connectivity index (χ1n) is 5.07. The summed E-state index contributed by atoms with van der Waals surface area (Å²) in [5.74, 6) is 0.598. The minimum Gasteiger partial charge on any atom is -0.508 e. The summed E-state index contributed by atoms with van der Waals surface area (Å²) in [6.45, 7) is 7.35. The summed E-state index contributed by atoms with van der Waals surface area (Å²) in [6, 6.07) is 4.65. The largest absolute Gasteiger partial charge is 0.508 e. The van der Waals surface area contributed by atoms with E-state index in [1.165, 1.54) is 6.07 Å². The number of aryl methyl sites for hydroxylation is 1. The Labute approximate surface area is 95.2 Å². The molecular formula is C12H17NO3. The second kappa shape index (κ2) is 4.43. The topological polar surface area (TPSA) is 58.6 Å². The van der Waals surface area contributed by atoms with E-state index in [1.54, 1.807) is 19.1 Å². The molecule has 0 spiro atoms. The lowest BCUT2D eigenvalue weighted by Crippen LogP contribution is -2.42. The molecule has 0 aromatic heterocycles. The molecule has 0 fully saturated rings. The fourth-order valence-corrected chi connectivity index (χ4v) is 1.13. The van der Waals surface area contributed by atoms with Gasteiger partial charge in [-0.25, -0.2) is 4.79 Å². The van der Waals surface area contributed by atoms with Crippen LogP contribution < -0.4 is 10.1 Å². The van der Waals surface area contributed by atoms with Crippen LogP contribution in [0.5, 0.6) is 11.5 Å². The molecule has 0 aliphatic heterocycles. The van der Waals surface area contributed by atoms with Gasteiger partial charge < -0.3 is 15.2 Å². The van der Waals surface area contributed by atoms with E-state index in [1.807, 2.05) is 20.8 Å². The van der Waals surface area contributed by atoms with E-state index in [0.29, 0.717) is 11.3 Å². The van der Waals surface area contributed by atoms with E-state index in [-0.39, 0.29) is 11.3 Å². The number of phenolic OH excluding ortho intramolecular Hbond substituents is 1. The Morgan fingerprint density at radius 2 is 2.00 bits per heavy atom. The predicted octanol–water partition coefficient (Wildman–Crippen LogP) is 2.59. The van der Waals surface area contributed by atoms with Crippen molar-refractivity contribution in [1.82, 2.24) is 5.32 Å². The molecule has 88 valence electrons. The normalized spacial score (nSPS) is 11.0. The minimum absolute atomic E-state index is 0.184. The lowest BCUT2D eigenvalue weighted by atomic mass is 10.1. The van der Waals surface area contributed by atoms with Gasteiger partial charge in [0.1, 0.15) is 11.5 Å². The average molecular weight is 223 g/mol. The number of carbonyl (C=O) groups is 1. The van der Waals surface area contributed by atoms with Crippen LogP contribution >= 0.6 is 0 Å². The van der Waals surface area contributed by atoms with Crippen molar-refractivity contribution < 1.29 is 14.6 Å². The maximum Gasteiger partial charge on any atom is 0.413 e. The van der Waals surface area contributed by atoms with Gasteiger partial charge in [0.2, 0.25) is 0 Å². The molecule has 0 unspecified atom stereocenters. The van der Waals surface area contributed by atoms with Gasteiger partial charge in [0, 0.05) is 5.54 Å². The fourth-order valence-electron chi connectivity index (χ4n) is 1.13. The van der Waals surface area contributed by atoms with Gasteiger partial charge in [0.15, 0.2) is 0 Å². The summed E-state index contributed by atoms with van der Waals surface area (Å²) >= 11 is 0. The molecule has 0 radical (unpaired) electrons. The Kier molecular flexibility index (Phi) is 3.42. The molecule has 0 saturated heterocycles. The van der Waals surface area contributed by atoms with Gasteiger partial charge in [-0.1, -0.05) is 0 Å². The molecular weight excluding hydrogens is 206 g/mol. The summed E-state index contributed by atoms with van der Waals surface area (Å²) in [5.41, 5.74) is 0.337. The maximum absolute atomic E-state index is 11.4. The number of hydrogen-bond donors (Lipinski definition) is 2. The van der Waals surface area contributed by atoms with Gasteiger partial charge in [-0.05, 0) is 51.5 Å². The number of carbonyl (C=O) groups excluding carboxylic acids is 1. The molecule has 0 aliphatic rings. The van der Waals surface area contributed by atoms with E-state index in [9.17, 15) is 9.90 Å². The van der Waals surface area contributed by atoms with Crippen LogP contribution in [-0.4, -0.2) is 16.7 Å². The first-order chi connectivity index (χ1) is 7.28. The average Bonchev–Trinajstić information content (AvgIpc) is 2.08. The number of nitrogens with one attached hydrogen (secondary N) is 1. The third-order valence-corrected chi connectivity index (χ3v) is 1.86. The third kappa shape index (κ3) is 3.81. The number of amides is 1. The van der Waals surface area contributed by atoms with Gasteiger partial charge in [0.05, 0.1) is 0 Å². The molecule has 16 heavy (non-hydrogen) atoms. The Bertz CT molecular complexity index is 394. The number of hydrogen-bond acceptors (Lipinski definition) is 3. The van der Waals surface area contributed by atoms with Gasteiger partial charge in [0.25, 0.3) is 0 Å². The number of aromatic hydroxyl groups is 1. The zero-order valence-electron chi connectivity index (χ0n) is 10.00. The molecule has 4 heteroatoms. The lowest BCUT2D eigenvalue weighted by molar-refractivity contribution is 0.190. The van der Waals surface area contributed by atoms with E-state index in [0.717, 1.165) is 0 Å². The van der Waals surface area contributed by atoms with Crippen molar-refractivity contribution in [2.75, 3.05) is 0 Å². The molecule has 0 aliphatic carbocycles. The highest BCUT2D eigenvalue weighted by molar-refractivity contribution is 5.71. The van der Waals surface area contributed by atoms with Crippen LogP contribution in [0, 0.1) is 6.92 Å². The van der Waals surface area contributed by atoms with Crippen molar-refractivity contribution in [1.29, 1.82) is 0 Å². The molecule has 1 amide bonds. The van der Waals surface area contributed by atoms with E-state index >= 15 is 0 Å². The first kappa shape index (κ1) is 12.4. The number of rotatable bonds is 1. The molecule has 2 N–H and O–H groups in total. The minimum atomic E-state index is -0.502. The third-order valence-electron chi connectivity index (χ3n) is 1.86. The molecule has 0 bridgehead atoms. The van der Waals surface area contributed by atoms with Crippen LogP contribution in [0.25, 0.3) is 0 Å². The molecule has 0 atom stereocenters. The number of phenols is 1. The van der Waals surface area contributed by atoms with Crippen molar-refractivity contribution in [2.24, 2.45) is 0 Å². The Balaban J connectivity index is 2.67. The Hall–Kier alpha value is -1.71. The lowest BCUT2D eigenvalue weighted by Gasteiger charge is -2.19. The van der Waals surface area contributed by atoms with Gasteiger partial charge in [-0.3, -0.25) is 0 Å². The SMILES string of the molecule is Cc1cc(OC(=O)NC(C)(C)C)ccc1O. The van der Waals surface area contributed by atoms with Crippen molar-refractivity contribution in [2.45, 2.75) is 33.2 Å². The molecule has 1 aromatic rings. The van der Waals surface area contributed by atoms with Crippen molar-refractivity contribution >= 4 is 6.09 Å². The molecule has 4 nitrogen and oxygen atoms in total. The zero-order valence-corrected chi connectivity index (χ0v) is 10.00. The fraction of sp³-hybridized carbons (Fsp3) is 0.417. The summed E-state index contributed by atoms with van der Waals surface area (Å²) in [5, 5.41) is 12.0. The van der Waals surface area contributed by atoms with Crippen molar-refractivity contribution in [3.05, 3.63) is 23.8 Å². The standard InChI is InChI=1S/C12H17NO3/c1-8-7-9(5-6-10(8)14)16-11(15)13-12(2,3)4/h5-7,14H,1-4H3,(H,13,15). The van der Waals surface area contributed by atoms with Crippen LogP contribution in [0.15, 0.2) is 18.2 Å². The van der Waals surface area contributed by atoms with Crippen molar-refractivity contribution in [3.8, 4) is 11.5 Å². The van der Waals surface area contributed by atoms with Crippen LogP contribution in [-0.2, 0) is 0 Å². The highest BCUT2D eigenvalue weighted by Gasteiger charge is 2.15. The van der Waals surface area contributed by atoms with Gasteiger partial charge >= 0.3 is 6.09 Å². The van der Waals surface area contributed by atoms with Crippen molar-refractivity contribution in [3.63, 3.8) is 0 Å². The smallest absolute Gasteiger partial charge is 0.413 e. The van der Waals surface area contributed by atoms with Crippen LogP contribution in [0.3, 0.4) is 0 Å². The monoisotopic (exact) mass is 223 g/mol. The number of benzene rings is 1. The van der Waals surface area contributed by atoms with E-state index < -0.39 is 6.09 Å². The van der Waals surface area contributed by atoms with Gasteiger partial charge in [-0.2, -0.15) is 0 Å². The predicted molar refractivity (Wildman–Crippen MR) is 61.8 cm³/mol. The van der Waals surface area contributed by atoms with Crippen LogP contribution in [0.2, 0.25) is 0 Å². The maximum atomic E-state index is 11.4. The number of ether oxygens (including phenoxy) is 1. The van der Waals surface area contributed by atoms with Gasteiger partial charge in [-0.15, -0.1) is 0 Å². The molecule has 1 rings (SSSR count). The summed E-state index contributed by atoms with van der Waals surface area (Å²) in [7, 11) is 0. The quantitative estimate of drug-likeness (QED) is 0.769. The Morgan fingerprint density at radius 3 is 2.50 bits per heavy atom. The molecule has 0 saturated carbocycles. The van der Waals surface area contributed by atoms with E-state index in [2.05, 4.69) is 5.32 Å². The zero-order chi connectivity index (χ0) is 12.3. The van der Waals surface area contributed by atoms with Crippen LogP contribution in [0.4, 0.5) is 4.79 Å². The molecule has 1 aromatic carbocycles. The van der Waals surface area contributed by atoms with Crippen LogP contribution in [0.1, 0.15) is 26.3 Å². The molecule has 0 heterocycles.